The molecule has 0 saturated carbocycles. The summed E-state index contributed by atoms with van der Waals surface area (Å²) in [5, 5.41) is 0. The summed E-state index contributed by atoms with van der Waals surface area (Å²) in [4.78, 5) is 0. The summed E-state index contributed by atoms with van der Waals surface area (Å²) in [5.74, 6) is 0.866. The monoisotopic (exact) mass is 155 g/mol. The van der Waals surface area contributed by atoms with E-state index < -0.39 is 0 Å². The standard InChI is InChI=1S/C11H23/c1-6-9-10(7-2)11(4,5)8-3/h10H,3,6-9H2,1-2,4-5H3. The van der Waals surface area contributed by atoms with Crippen LogP contribution in [0.25, 0.3) is 0 Å². The maximum absolute atomic E-state index is 4.01. The van der Waals surface area contributed by atoms with E-state index in [-0.39, 0.29) is 0 Å². The largest absolute Gasteiger partial charge is 0.0654 e. The van der Waals surface area contributed by atoms with Gasteiger partial charge in [-0.25, -0.2) is 0 Å². The van der Waals surface area contributed by atoms with Gasteiger partial charge in [0.2, 0.25) is 0 Å². The van der Waals surface area contributed by atoms with Crippen molar-refractivity contribution in [1.82, 2.24) is 0 Å². The van der Waals surface area contributed by atoms with Crippen molar-refractivity contribution in [1.29, 1.82) is 0 Å². The highest BCUT2D eigenvalue weighted by Gasteiger charge is 2.24. The molecule has 0 aromatic rings. The van der Waals surface area contributed by atoms with Gasteiger partial charge in [0.05, 0.1) is 0 Å². The Hall–Kier alpha value is 0. The zero-order chi connectivity index (χ0) is 8.91. The van der Waals surface area contributed by atoms with Crippen molar-refractivity contribution in [2.24, 2.45) is 11.3 Å². The quantitative estimate of drug-likeness (QED) is 0.561. The molecule has 0 aromatic heterocycles. The first-order valence-electron chi connectivity index (χ1n) is 4.87. The Bertz CT molecular complexity index is 92.2. The molecule has 0 heteroatoms. The van der Waals surface area contributed by atoms with Crippen LogP contribution in [0.5, 0.6) is 0 Å². The summed E-state index contributed by atoms with van der Waals surface area (Å²) in [7, 11) is 0. The summed E-state index contributed by atoms with van der Waals surface area (Å²) < 4.78 is 0. The van der Waals surface area contributed by atoms with E-state index in [1.165, 1.54) is 19.3 Å². The topological polar surface area (TPSA) is 0 Å². The molecule has 0 aliphatic heterocycles. The Labute approximate surface area is 72.4 Å². The Morgan fingerprint density at radius 3 is 2.09 bits per heavy atom. The van der Waals surface area contributed by atoms with Crippen LogP contribution in [0.1, 0.15) is 53.4 Å². The summed E-state index contributed by atoms with van der Waals surface area (Å²) in [6.45, 7) is 13.2. The lowest BCUT2D eigenvalue weighted by atomic mass is 9.73. The summed E-state index contributed by atoms with van der Waals surface area (Å²) in [5.41, 5.74) is 0.449. The third-order valence-electron chi connectivity index (χ3n) is 2.88. The smallest absolute Gasteiger partial charge is 0.0326 e. The second-order valence-electron chi connectivity index (χ2n) is 4.13. The van der Waals surface area contributed by atoms with Gasteiger partial charge in [0.15, 0.2) is 0 Å². The first-order valence-corrected chi connectivity index (χ1v) is 4.87. The Morgan fingerprint density at radius 1 is 1.27 bits per heavy atom. The fraction of sp³-hybridized carbons (Fsp3) is 0.909. The van der Waals surface area contributed by atoms with Crippen LogP contribution in [0.3, 0.4) is 0 Å². The van der Waals surface area contributed by atoms with Gasteiger partial charge in [-0.3, -0.25) is 0 Å². The van der Waals surface area contributed by atoms with Crippen molar-refractivity contribution in [3.63, 3.8) is 0 Å². The molecular weight excluding hydrogens is 132 g/mol. The minimum absolute atomic E-state index is 0.449. The summed E-state index contributed by atoms with van der Waals surface area (Å²) in [6, 6.07) is 0. The highest BCUT2D eigenvalue weighted by Crippen LogP contribution is 2.35. The van der Waals surface area contributed by atoms with E-state index in [4.69, 9.17) is 0 Å². The Morgan fingerprint density at radius 2 is 1.82 bits per heavy atom. The maximum atomic E-state index is 4.01. The molecule has 1 radical (unpaired) electrons. The average Bonchev–Trinajstić information content (AvgIpc) is 2.00. The summed E-state index contributed by atoms with van der Waals surface area (Å²) >= 11 is 0. The third kappa shape index (κ3) is 3.27. The van der Waals surface area contributed by atoms with Gasteiger partial charge in [-0.2, -0.15) is 0 Å². The normalized spacial score (nSPS) is 15.0. The van der Waals surface area contributed by atoms with Gasteiger partial charge in [-0.15, -0.1) is 0 Å². The molecule has 0 amide bonds. The second-order valence-corrected chi connectivity index (χ2v) is 4.13. The van der Waals surface area contributed by atoms with Crippen molar-refractivity contribution in [3.05, 3.63) is 6.92 Å². The van der Waals surface area contributed by atoms with Crippen LogP contribution in [0.15, 0.2) is 0 Å². The zero-order valence-electron chi connectivity index (χ0n) is 8.61. The van der Waals surface area contributed by atoms with Gasteiger partial charge < -0.3 is 0 Å². The van der Waals surface area contributed by atoms with Crippen LogP contribution in [-0.4, -0.2) is 0 Å². The Kier molecular flexibility index (Phi) is 4.79. The van der Waals surface area contributed by atoms with Crippen LogP contribution in [0.4, 0.5) is 0 Å². The van der Waals surface area contributed by atoms with E-state index >= 15 is 0 Å². The van der Waals surface area contributed by atoms with Crippen molar-refractivity contribution in [2.45, 2.75) is 53.4 Å². The molecule has 0 aromatic carbocycles. The van der Waals surface area contributed by atoms with E-state index in [2.05, 4.69) is 34.6 Å². The molecule has 0 aliphatic rings. The molecule has 0 fully saturated rings. The highest BCUT2D eigenvalue weighted by atomic mass is 14.3. The van der Waals surface area contributed by atoms with E-state index in [0.29, 0.717) is 5.41 Å². The number of hydrogen-bond acceptors (Lipinski definition) is 0. The molecule has 0 heterocycles. The van der Waals surface area contributed by atoms with Gasteiger partial charge >= 0.3 is 0 Å². The van der Waals surface area contributed by atoms with Crippen molar-refractivity contribution in [2.75, 3.05) is 0 Å². The minimum Gasteiger partial charge on any atom is -0.0654 e. The van der Waals surface area contributed by atoms with Gasteiger partial charge in [0, 0.05) is 0 Å². The van der Waals surface area contributed by atoms with Crippen LogP contribution in [-0.2, 0) is 0 Å². The van der Waals surface area contributed by atoms with Gasteiger partial charge in [-0.1, -0.05) is 53.9 Å². The fourth-order valence-electron chi connectivity index (χ4n) is 1.70. The van der Waals surface area contributed by atoms with E-state index in [1.54, 1.807) is 0 Å². The van der Waals surface area contributed by atoms with Gasteiger partial charge in [0.1, 0.15) is 0 Å². The maximum Gasteiger partial charge on any atom is -0.0326 e. The minimum atomic E-state index is 0.449. The first-order chi connectivity index (χ1) is 5.08. The van der Waals surface area contributed by atoms with Crippen LogP contribution < -0.4 is 0 Å². The van der Waals surface area contributed by atoms with Crippen LogP contribution >= 0.6 is 0 Å². The van der Waals surface area contributed by atoms with Crippen molar-refractivity contribution >= 4 is 0 Å². The van der Waals surface area contributed by atoms with Crippen molar-refractivity contribution in [3.8, 4) is 0 Å². The molecule has 67 valence electrons. The predicted molar refractivity (Wildman–Crippen MR) is 52.4 cm³/mol. The molecule has 0 nitrogen and oxygen atoms in total. The molecule has 0 N–H and O–H groups in total. The van der Waals surface area contributed by atoms with E-state index in [0.717, 1.165) is 12.3 Å². The molecule has 0 spiro atoms. The van der Waals surface area contributed by atoms with E-state index in [9.17, 15) is 0 Å². The predicted octanol–water partition coefficient (Wildman–Crippen LogP) is 4.06. The lowest BCUT2D eigenvalue weighted by Crippen LogP contribution is -2.22. The Balaban J connectivity index is 3.99. The number of rotatable bonds is 5. The molecule has 0 rings (SSSR count). The molecule has 1 unspecified atom stereocenters. The molecule has 1 atom stereocenters. The van der Waals surface area contributed by atoms with E-state index in [1.807, 2.05) is 0 Å². The SMILES string of the molecule is [CH2]CC(C)(C)C(CC)CCC. The second kappa shape index (κ2) is 4.79. The highest BCUT2D eigenvalue weighted by molar-refractivity contribution is 4.77. The van der Waals surface area contributed by atoms with Crippen LogP contribution in [0.2, 0.25) is 0 Å². The average molecular weight is 155 g/mol. The molecular formula is C11H23. The summed E-state index contributed by atoms with van der Waals surface area (Å²) in [6.07, 6.45) is 5.03. The van der Waals surface area contributed by atoms with Crippen molar-refractivity contribution < 1.29 is 0 Å². The lowest BCUT2D eigenvalue weighted by Gasteiger charge is -2.32. The first kappa shape index (κ1) is 11.0. The molecule has 0 aliphatic carbocycles. The number of hydrogen-bond donors (Lipinski definition) is 0. The van der Waals surface area contributed by atoms with Crippen LogP contribution in [0, 0.1) is 18.3 Å². The molecule has 11 heavy (non-hydrogen) atoms. The fourth-order valence-corrected chi connectivity index (χ4v) is 1.70. The third-order valence-corrected chi connectivity index (χ3v) is 2.88. The van der Waals surface area contributed by atoms with Gasteiger partial charge in [0.25, 0.3) is 0 Å². The molecule has 0 saturated heterocycles. The van der Waals surface area contributed by atoms with Gasteiger partial charge in [-0.05, 0) is 17.8 Å². The lowest BCUT2D eigenvalue weighted by molar-refractivity contribution is 0.193. The zero-order valence-corrected chi connectivity index (χ0v) is 8.61. The molecule has 0 bridgehead atoms.